The number of ether oxygens (including phenoxy) is 2. The minimum absolute atomic E-state index is 0.831. The van der Waals surface area contributed by atoms with Gasteiger partial charge in [0.05, 0.1) is 14.2 Å². The van der Waals surface area contributed by atoms with Crippen molar-refractivity contribution >= 4 is 51.1 Å². The van der Waals surface area contributed by atoms with Gasteiger partial charge in [-0.25, -0.2) is 0 Å². The largest absolute Gasteiger partial charge is 0.496 e. The summed E-state index contributed by atoms with van der Waals surface area (Å²) in [5.41, 5.74) is 3.14. The summed E-state index contributed by atoms with van der Waals surface area (Å²) >= 11 is 1.77. The van der Waals surface area contributed by atoms with Gasteiger partial charge < -0.3 is 9.47 Å². The summed E-state index contributed by atoms with van der Waals surface area (Å²) in [6.45, 7) is 2.04. The highest BCUT2D eigenvalue weighted by Gasteiger charge is 2.20. The summed E-state index contributed by atoms with van der Waals surface area (Å²) in [6, 6.07) is 27.5. The molecule has 0 N–H and O–H groups in total. The molecule has 3 heteroatoms. The van der Waals surface area contributed by atoms with Crippen molar-refractivity contribution in [3.8, 4) is 22.6 Å². The van der Waals surface area contributed by atoms with E-state index in [1.165, 1.54) is 15.1 Å². The average molecular weight is 463 g/mol. The Balaban J connectivity index is 1.79. The van der Waals surface area contributed by atoms with Crippen molar-refractivity contribution in [1.29, 1.82) is 0 Å². The van der Waals surface area contributed by atoms with E-state index in [9.17, 15) is 0 Å². The van der Waals surface area contributed by atoms with E-state index in [1.807, 2.05) is 13.0 Å². The summed E-state index contributed by atoms with van der Waals surface area (Å²) in [6.07, 6.45) is 8.51. The molecule has 1 heterocycles. The van der Waals surface area contributed by atoms with Crippen LogP contribution in [-0.4, -0.2) is 14.2 Å². The first-order valence-electron chi connectivity index (χ1n) is 11.3. The summed E-state index contributed by atoms with van der Waals surface area (Å²) in [4.78, 5) is 2.45. The lowest BCUT2D eigenvalue weighted by Gasteiger charge is -2.19. The van der Waals surface area contributed by atoms with Crippen LogP contribution < -0.4 is 9.47 Å². The molecule has 0 spiro atoms. The minimum atomic E-state index is 0.831. The highest BCUT2D eigenvalue weighted by atomic mass is 32.1. The number of thiophene rings is 1. The third-order valence-corrected chi connectivity index (χ3v) is 7.02. The fourth-order valence-corrected chi connectivity index (χ4v) is 5.39. The molecule has 0 amide bonds. The van der Waals surface area contributed by atoms with Crippen LogP contribution in [0.3, 0.4) is 0 Å². The Bertz CT molecular complexity index is 1540. The molecule has 0 unspecified atom stereocenters. The van der Waals surface area contributed by atoms with Crippen molar-refractivity contribution in [3.05, 3.63) is 100 Å². The molecule has 5 aromatic rings. The number of hydrogen-bond donors (Lipinski definition) is 0. The molecule has 0 saturated carbocycles. The number of methoxy groups -OCH3 is 2. The maximum atomic E-state index is 6.11. The standard InChI is InChI=1S/C31H26O2S/c1-4-9-24-17-18-25(34-24)16-14-23-20-22-11-6-8-13-27(22)30(31(23)33-3)29-26-12-7-5-10-21(26)15-19-28(29)32-2/h4-20H,1-3H3/b9-4+,16-14+. The Morgan fingerprint density at radius 3 is 2.03 bits per heavy atom. The number of rotatable bonds is 6. The molecule has 34 heavy (non-hydrogen) atoms. The zero-order valence-electron chi connectivity index (χ0n) is 19.5. The van der Waals surface area contributed by atoms with Crippen LogP contribution >= 0.6 is 11.3 Å². The van der Waals surface area contributed by atoms with Crippen molar-refractivity contribution in [3.63, 3.8) is 0 Å². The van der Waals surface area contributed by atoms with Gasteiger partial charge in [0.25, 0.3) is 0 Å². The summed E-state index contributed by atoms with van der Waals surface area (Å²) in [5.74, 6) is 1.67. The van der Waals surface area contributed by atoms with Gasteiger partial charge in [-0.2, -0.15) is 0 Å². The molecule has 1 aromatic heterocycles. The van der Waals surface area contributed by atoms with Crippen LogP contribution in [0, 0.1) is 0 Å². The predicted octanol–water partition coefficient (Wildman–Crippen LogP) is 8.94. The lowest BCUT2D eigenvalue weighted by Crippen LogP contribution is -1.97. The predicted molar refractivity (Wildman–Crippen MR) is 148 cm³/mol. The molecule has 2 nitrogen and oxygen atoms in total. The van der Waals surface area contributed by atoms with Crippen molar-refractivity contribution < 1.29 is 9.47 Å². The topological polar surface area (TPSA) is 18.5 Å². The molecular weight excluding hydrogens is 436 g/mol. The molecule has 0 fully saturated rings. The summed E-state index contributed by atoms with van der Waals surface area (Å²) in [5, 5.41) is 4.60. The third-order valence-electron chi connectivity index (χ3n) is 6.00. The van der Waals surface area contributed by atoms with E-state index in [-0.39, 0.29) is 0 Å². The molecule has 4 aromatic carbocycles. The number of hydrogen-bond acceptors (Lipinski definition) is 3. The van der Waals surface area contributed by atoms with E-state index >= 15 is 0 Å². The van der Waals surface area contributed by atoms with Gasteiger partial charge in [0.15, 0.2) is 0 Å². The van der Waals surface area contributed by atoms with Crippen molar-refractivity contribution in [2.75, 3.05) is 14.2 Å². The molecule has 0 aliphatic heterocycles. The molecule has 5 rings (SSSR count). The summed E-state index contributed by atoms with van der Waals surface area (Å²) in [7, 11) is 3.48. The highest BCUT2D eigenvalue weighted by molar-refractivity contribution is 7.13. The zero-order valence-corrected chi connectivity index (χ0v) is 20.4. The van der Waals surface area contributed by atoms with Crippen LogP contribution in [0.4, 0.5) is 0 Å². The van der Waals surface area contributed by atoms with Gasteiger partial charge >= 0.3 is 0 Å². The monoisotopic (exact) mass is 462 g/mol. The zero-order chi connectivity index (χ0) is 23.5. The smallest absolute Gasteiger partial charge is 0.134 e. The number of allylic oxidation sites excluding steroid dienone is 1. The average Bonchev–Trinajstić information content (AvgIpc) is 3.33. The Labute approximate surface area is 204 Å². The molecule has 0 bridgehead atoms. The van der Waals surface area contributed by atoms with Crippen molar-refractivity contribution in [2.24, 2.45) is 0 Å². The third kappa shape index (κ3) is 4.00. The lowest BCUT2D eigenvalue weighted by atomic mass is 9.90. The van der Waals surface area contributed by atoms with E-state index in [0.29, 0.717) is 0 Å². The SMILES string of the molecule is C/C=C/c1ccc(/C=C/c2cc3ccccc3c(-c3c(OC)ccc4ccccc34)c2OC)s1. The van der Waals surface area contributed by atoms with Gasteiger partial charge in [-0.05, 0) is 71.0 Å². The van der Waals surface area contributed by atoms with Crippen LogP contribution in [0.5, 0.6) is 11.5 Å². The van der Waals surface area contributed by atoms with Gasteiger partial charge in [0.2, 0.25) is 0 Å². The number of fused-ring (bicyclic) bond motifs is 2. The molecular formula is C31H26O2S. The quantitative estimate of drug-likeness (QED) is 0.251. The minimum Gasteiger partial charge on any atom is -0.496 e. The second kappa shape index (κ2) is 9.58. The molecule has 0 aliphatic carbocycles. The molecule has 168 valence electrons. The second-order valence-electron chi connectivity index (χ2n) is 8.03. The van der Waals surface area contributed by atoms with Crippen LogP contribution in [0.2, 0.25) is 0 Å². The van der Waals surface area contributed by atoms with E-state index < -0.39 is 0 Å². The summed E-state index contributed by atoms with van der Waals surface area (Å²) < 4.78 is 12.0. The van der Waals surface area contributed by atoms with Crippen LogP contribution in [0.25, 0.3) is 50.9 Å². The van der Waals surface area contributed by atoms with Gasteiger partial charge in [0.1, 0.15) is 11.5 Å². The molecule has 0 atom stereocenters. The van der Waals surface area contributed by atoms with Gasteiger partial charge in [-0.1, -0.05) is 60.7 Å². The Hall–Kier alpha value is -3.82. The van der Waals surface area contributed by atoms with Crippen molar-refractivity contribution in [2.45, 2.75) is 6.92 Å². The number of benzene rings is 4. The highest BCUT2D eigenvalue weighted by Crippen LogP contribution is 2.47. The van der Waals surface area contributed by atoms with E-state index in [4.69, 9.17) is 9.47 Å². The van der Waals surface area contributed by atoms with E-state index in [2.05, 4.69) is 97.1 Å². The first-order chi connectivity index (χ1) is 16.7. The van der Waals surface area contributed by atoms with Gasteiger partial charge in [-0.3, -0.25) is 0 Å². The Morgan fingerprint density at radius 1 is 0.647 bits per heavy atom. The fourth-order valence-electron chi connectivity index (χ4n) is 4.51. The first kappa shape index (κ1) is 22.0. The van der Waals surface area contributed by atoms with Crippen LogP contribution in [0.1, 0.15) is 22.2 Å². The normalized spacial score (nSPS) is 11.7. The maximum Gasteiger partial charge on any atom is 0.134 e. The van der Waals surface area contributed by atoms with Crippen molar-refractivity contribution in [1.82, 2.24) is 0 Å². The fraction of sp³-hybridized carbons (Fsp3) is 0.0968. The van der Waals surface area contributed by atoms with Gasteiger partial charge in [0, 0.05) is 26.4 Å². The Morgan fingerprint density at radius 2 is 1.32 bits per heavy atom. The maximum absolute atomic E-state index is 6.11. The molecule has 0 aliphatic rings. The van der Waals surface area contributed by atoms with E-state index in [1.54, 1.807) is 25.6 Å². The second-order valence-corrected chi connectivity index (χ2v) is 9.18. The van der Waals surface area contributed by atoms with Gasteiger partial charge in [-0.15, -0.1) is 11.3 Å². The van der Waals surface area contributed by atoms with Crippen LogP contribution in [0.15, 0.2) is 84.9 Å². The first-order valence-corrected chi connectivity index (χ1v) is 12.1. The van der Waals surface area contributed by atoms with E-state index in [0.717, 1.165) is 44.3 Å². The van der Waals surface area contributed by atoms with Crippen LogP contribution in [-0.2, 0) is 0 Å². The lowest BCUT2D eigenvalue weighted by molar-refractivity contribution is 0.410. The molecule has 0 saturated heterocycles. The molecule has 0 radical (unpaired) electrons. The Kier molecular flexibility index (Phi) is 6.20.